The molecule has 36 heavy (non-hydrogen) atoms. The molecule has 6 nitrogen and oxygen atoms in total. The Morgan fingerprint density at radius 3 is 2.53 bits per heavy atom. The number of halogens is 3. The molecule has 0 spiro atoms. The van der Waals surface area contributed by atoms with Gasteiger partial charge in [-0.3, -0.25) is 4.79 Å². The summed E-state index contributed by atoms with van der Waals surface area (Å²) in [7, 11) is 2.05. The van der Waals surface area contributed by atoms with E-state index in [0.717, 1.165) is 47.6 Å². The summed E-state index contributed by atoms with van der Waals surface area (Å²) in [5, 5.41) is 13.4. The molecule has 2 unspecified atom stereocenters. The number of anilines is 2. The van der Waals surface area contributed by atoms with E-state index in [1.54, 1.807) is 6.92 Å². The maximum Gasteiger partial charge on any atom is 0.266 e. The Bertz CT molecular complexity index is 1360. The van der Waals surface area contributed by atoms with Crippen LogP contribution in [0.15, 0.2) is 30.3 Å². The number of carbonyl (C=O) groups is 1. The average Bonchev–Trinajstić information content (AvgIpc) is 3.33. The van der Waals surface area contributed by atoms with Crippen LogP contribution in [0.5, 0.6) is 0 Å². The number of benzene rings is 2. The monoisotopic (exact) mass is 497 g/mol. The van der Waals surface area contributed by atoms with Crippen LogP contribution in [0.25, 0.3) is 10.8 Å². The molecule has 5 rings (SSSR count). The van der Waals surface area contributed by atoms with E-state index in [-0.39, 0.29) is 17.5 Å². The molecule has 9 heteroatoms. The quantitative estimate of drug-likeness (QED) is 0.503. The van der Waals surface area contributed by atoms with Gasteiger partial charge in [0, 0.05) is 28.6 Å². The highest BCUT2D eigenvalue weighted by molar-refractivity contribution is 6.11. The lowest BCUT2D eigenvalue weighted by molar-refractivity contribution is -0.122. The molecule has 190 valence electrons. The van der Waals surface area contributed by atoms with Gasteiger partial charge in [-0.15, -0.1) is 5.10 Å². The van der Waals surface area contributed by atoms with Gasteiger partial charge in [0.1, 0.15) is 5.82 Å². The first-order chi connectivity index (χ1) is 17.0. The maximum absolute atomic E-state index is 14.8. The summed E-state index contributed by atoms with van der Waals surface area (Å²) in [6.45, 7) is 9.17. The second kappa shape index (κ2) is 8.73. The fourth-order valence-electron chi connectivity index (χ4n) is 5.49. The van der Waals surface area contributed by atoms with Crippen molar-refractivity contribution in [2.75, 3.05) is 30.4 Å². The van der Waals surface area contributed by atoms with Gasteiger partial charge in [0.25, 0.3) is 6.43 Å². The zero-order chi connectivity index (χ0) is 25.9. The number of nitrogens with one attached hydrogen (secondary N) is 1. The first kappa shape index (κ1) is 24.5. The van der Waals surface area contributed by atoms with Crippen molar-refractivity contribution < 1.29 is 18.0 Å². The van der Waals surface area contributed by atoms with Crippen molar-refractivity contribution in [2.45, 2.75) is 58.0 Å². The number of carbonyl (C=O) groups excluding carboxylic acids is 1. The molecule has 1 aromatic heterocycles. The SMILES string of the molecule is Cc1nnc(NC(C)c2cccc(C(F)F)c2F)c2cc3c(cc12)C(C)(C)C(=O)N3C1CCN(C)C1. The molecule has 1 amide bonds. The van der Waals surface area contributed by atoms with Crippen LogP contribution in [0.2, 0.25) is 0 Å². The number of alkyl halides is 2. The summed E-state index contributed by atoms with van der Waals surface area (Å²) in [4.78, 5) is 17.7. The van der Waals surface area contributed by atoms with Crippen molar-refractivity contribution in [3.63, 3.8) is 0 Å². The van der Waals surface area contributed by atoms with Crippen LogP contribution in [0.1, 0.15) is 62.0 Å². The molecule has 2 aromatic carbocycles. The highest BCUT2D eigenvalue weighted by atomic mass is 19.3. The Morgan fingerprint density at radius 2 is 1.86 bits per heavy atom. The number of hydrogen-bond acceptors (Lipinski definition) is 5. The van der Waals surface area contributed by atoms with Crippen LogP contribution in [-0.2, 0) is 10.2 Å². The van der Waals surface area contributed by atoms with E-state index in [2.05, 4.69) is 27.5 Å². The van der Waals surface area contributed by atoms with Crippen LogP contribution in [0.3, 0.4) is 0 Å². The molecule has 0 radical (unpaired) electrons. The third-order valence-corrected chi connectivity index (χ3v) is 7.61. The van der Waals surface area contributed by atoms with E-state index >= 15 is 0 Å². The molecule has 1 saturated heterocycles. The van der Waals surface area contributed by atoms with Gasteiger partial charge in [-0.2, -0.15) is 5.10 Å². The molecule has 1 N–H and O–H groups in total. The van der Waals surface area contributed by atoms with Gasteiger partial charge in [0.2, 0.25) is 5.91 Å². The Labute approximate surface area is 208 Å². The molecule has 2 aliphatic rings. The Morgan fingerprint density at radius 1 is 1.14 bits per heavy atom. The van der Waals surface area contributed by atoms with Gasteiger partial charge < -0.3 is 15.1 Å². The largest absolute Gasteiger partial charge is 0.361 e. The first-order valence-electron chi connectivity index (χ1n) is 12.2. The number of aryl methyl sites for hydroxylation is 1. The van der Waals surface area contributed by atoms with E-state index < -0.39 is 29.3 Å². The highest BCUT2D eigenvalue weighted by Crippen LogP contribution is 2.46. The average molecular weight is 498 g/mol. The molecule has 2 aliphatic heterocycles. The van der Waals surface area contributed by atoms with Crippen molar-refractivity contribution in [1.29, 1.82) is 0 Å². The molecule has 2 atom stereocenters. The molecule has 3 heterocycles. The fourth-order valence-corrected chi connectivity index (χ4v) is 5.49. The van der Waals surface area contributed by atoms with Crippen molar-refractivity contribution >= 4 is 28.2 Å². The number of hydrogen-bond donors (Lipinski definition) is 1. The van der Waals surface area contributed by atoms with E-state index in [4.69, 9.17) is 0 Å². The predicted octanol–water partition coefficient (Wildman–Crippen LogP) is 5.52. The molecule has 0 saturated carbocycles. The number of rotatable bonds is 5. The minimum atomic E-state index is -2.90. The molecule has 3 aromatic rings. The van der Waals surface area contributed by atoms with Gasteiger partial charge in [0.15, 0.2) is 5.82 Å². The lowest BCUT2D eigenvalue weighted by Crippen LogP contribution is -2.44. The van der Waals surface area contributed by atoms with Gasteiger partial charge in [-0.05, 0) is 65.4 Å². The third kappa shape index (κ3) is 3.80. The third-order valence-electron chi connectivity index (χ3n) is 7.61. The van der Waals surface area contributed by atoms with Crippen LogP contribution in [0, 0.1) is 12.7 Å². The Kier molecular flexibility index (Phi) is 5.94. The highest BCUT2D eigenvalue weighted by Gasteiger charge is 2.47. The molecular formula is C27H30F3N5O. The first-order valence-corrected chi connectivity index (χ1v) is 12.2. The van der Waals surface area contributed by atoms with Gasteiger partial charge in [-0.1, -0.05) is 18.2 Å². The van der Waals surface area contributed by atoms with E-state index in [1.807, 2.05) is 37.8 Å². The summed E-state index contributed by atoms with van der Waals surface area (Å²) in [5.41, 5.74) is 1.32. The zero-order valence-corrected chi connectivity index (χ0v) is 21.1. The van der Waals surface area contributed by atoms with Crippen molar-refractivity contribution in [1.82, 2.24) is 15.1 Å². The van der Waals surface area contributed by atoms with Gasteiger partial charge in [-0.25, -0.2) is 13.2 Å². The second-order valence-electron chi connectivity index (χ2n) is 10.5. The normalized spacial score (nSPS) is 20.4. The van der Waals surface area contributed by atoms with Gasteiger partial charge >= 0.3 is 0 Å². The minimum Gasteiger partial charge on any atom is -0.361 e. The van der Waals surface area contributed by atoms with Crippen molar-refractivity contribution in [2.24, 2.45) is 0 Å². The molecular weight excluding hydrogens is 467 g/mol. The number of likely N-dealkylation sites (tertiary alicyclic amines) is 1. The van der Waals surface area contributed by atoms with Crippen LogP contribution in [0.4, 0.5) is 24.7 Å². The standard InChI is InChI=1S/C27H30F3N5O/c1-14(17-7-6-8-18(23(17)28)24(29)30)31-25-20-12-22-21(11-19(20)15(2)32-33-25)27(3,4)26(36)35(22)16-9-10-34(5)13-16/h6-8,11-12,14,16,24H,9-10,13H2,1-5H3,(H,31,33). The lowest BCUT2D eigenvalue weighted by atomic mass is 9.85. The zero-order valence-electron chi connectivity index (χ0n) is 21.1. The molecule has 0 aliphatic carbocycles. The summed E-state index contributed by atoms with van der Waals surface area (Å²) in [6.07, 6.45) is -2.01. The summed E-state index contributed by atoms with van der Waals surface area (Å²) in [5.74, 6) is -0.449. The molecule has 0 bridgehead atoms. The number of aromatic nitrogens is 2. The predicted molar refractivity (Wildman–Crippen MR) is 134 cm³/mol. The minimum absolute atomic E-state index is 0.0699. The maximum atomic E-state index is 14.8. The summed E-state index contributed by atoms with van der Waals surface area (Å²) >= 11 is 0. The molecule has 1 fully saturated rings. The lowest BCUT2D eigenvalue weighted by Gasteiger charge is -2.27. The number of amides is 1. The van der Waals surface area contributed by atoms with E-state index in [0.29, 0.717) is 11.5 Å². The van der Waals surface area contributed by atoms with Gasteiger partial charge in [0.05, 0.1) is 28.8 Å². The van der Waals surface area contributed by atoms with Crippen molar-refractivity contribution in [3.8, 4) is 0 Å². The number of fused-ring (bicyclic) bond motifs is 2. The van der Waals surface area contributed by atoms with E-state index in [9.17, 15) is 18.0 Å². The van der Waals surface area contributed by atoms with Crippen LogP contribution >= 0.6 is 0 Å². The smallest absolute Gasteiger partial charge is 0.266 e. The second-order valence-corrected chi connectivity index (χ2v) is 10.5. The fraction of sp³-hybridized carbons (Fsp3) is 0.444. The topological polar surface area (TPSA) is 61.4 Å². The number of likely N-dealkylation sites (N-methyl/N-ethyl adjacent to an activating group) is 1. The van der Waals surface area contributed by atoms with E-state index in [1.165, 1.54) is 12.1 Å². The Hall–Kier alpha value is -3.20. The van der Waals surface area contributed by atoms with Crippen molar-refractivity contribution in [3.05, 3.63) is 58.5 Å². The van der Waals surface area contributed by atoms with Crippen LogP contribution in [-0.4, -0.2) is 47.2 Å². The summed E-state index contributed by atoms with van der Waals surface area (Å²) in [6, 6.07) is 7.42. The summed E-state index contributed by atoms with van der Waals surface area (Å²) < 4.78 is 41.3. The van der Waals surface area contributed by atoms with Crippen LogP contribution < -0.4 is 10.2 Å². The number of nitrogens with zero attached hydrogens (tertiary/aromatic N) is 4. The Balaban J connectivity index is 1.60.